The van der Waals surface area contributed by atoms with Crippen molar-refractivity contribution in [2.75, 3.05) is 13.2 Å². The molecule has 1 fully saturated rings. The molecule has 0 heterocycles. The van der Waals surface area contributed by atoms with Crippen LogP contribution in [-0.4, -0.2) is 19.4 Å². The third kappa shape index (κ3) is 4.49. The van der Waals surface area contributed by atoms with E-state index in [0.29, 0.717) is 19.1 Å². The first-order chi connectivity index (χ1) is 6.83. The summed E-state index contributed by atoms with van der Waals surface area (Å²) >= 11 is 0. The first kappa shape index (κ1) is 11.3. The summed E-state index contributed by atoms with van der Waals surface area (Å²) in [6.45, 7) is 2.97. The summed E-state index contributed by atoms with van der Waals surface area (Å²) < 4.78 is 9.84. The van der Waals surface area contributed by atoms with Crippen molar-refractivity contribution in [2.24, 2.45) is 5.92 Å². The van der Waals surface area contributed by atoms with Gasteiger partial charge in [0.15, 0.2) is 0 Å². The topological polar surface area (TPSA) is 35.5 Å². The zero-order valence-corrected chi connectivity index (χ0v) is 8.96. The fourth-order valence-electron chi connectivity index (χ4n) is 1.77. The lowest BCUT2D eigenvalue weighted by Gasteiger charge is -2.20. The molecule has 1 aliphatic carbocycles. The third-order valence-corrected chi connectivity index (χ3v) is 2.59. The van der Waals surface area contributed by atoms with Crippen molar-refractivity contribution < 1.29 is 14.3 Å². The molecule has 0 unspecified atom stereocenters. The summed E-state index contributed by atoms with van der Waals surface area (Å²) in [5.41, 5.74) is 0. The van der Waals surface area contributed by atoms with Crippen LogP contribution in [0.1, 0.15) is 45.4 Å². The minimum absolute atomic E-state index is 0.462. The molecule has 0 radical (unpaired) electrons. The van der Waals surface area contributed by atoms with Gasteiger partial charge in [-0.25, -0.2) is 4.79 Å². The van der Waals surface area contributed by atoms with Crippen LogP contribution in [0.15, 0.2) is 0 Å². The van der Waals surface area contributed by atoms with E-state index in [1.807, 2.05) is 6.92 Å². The molecule has 0 atom stereocenters. The van der Waals surface area contributed by atoms with Gasteiger partial charge in [-0.2, -0.15) is 0 Å². The second kappa shape index (κ2) is 6.68. The summed E-state index contributed by atoms with van der Waals surface area (Å²) in [4.78, 5) is 11.0. The van der Waals surface area contributed by atoms with E-state index >= 15 is 0 Å². The Morgan fingerprint density at radius 3 is 2.57 bits per heavy atom. The maximum atomic E-state index is 11.0. The Hall–Kier alpha value is -0.730. The molecule has 0 aromatic carbocycles. The van der Waals surface area contributed by atoms with E-state index in [9.17, 15) is 4.79 Å². The molecule has 82 valence electrons. The minimum Gasteiger partial charge on any atom is -0.434 e. The molecule has 0 amide bonds. The average Bonchev–Trinajstić information content (AvgIpc) is 2.25. The molecule has 1 aliphatic rings. The summed E-state index contributed by atoms with van der Waals surface area (Å²) in [5, 5.41) is 0. The first-order valence-electron chi connectivity index (χ1n) is 5.62. The van der Waals surface area contributed by atoms with Crippen molar-refractivity contribution in [3.8, 4) is 0 Å². The maximum Gasteiger partial charge on any atom is 0.508 e. The molecular formula is C11H20O3. The fraction of sp³-hybridized carbons (Fsp3) is 0.909. The lowest BCUT2D eigenvalue weighted by Crippen LogP contribution is -2.17. The smallest absolute Gasteiger partial charge is 0.434 e. The van der Waals surface area contributed by atoms with Gasteiger partial charge >= 0.3 is 6.16 Å². The molecule has 14 heavy (non-hydrogen) atoms. The van der Waals surface area contributed by atoms with Crippen molar-refractivity contribution in [1.82, 2.24) is 0 Å². The highest BCUT2D eigenvalue weighted by atomic mass is 16.7. The first-order valence-corrected chi connectivity index (χ1v) is 5.62. The van der Waals surface area contributed by atoms with Crippen LogP contribution in [0.5, 0.6) is 0 Å². The van der Waals surface area contributed by atoms with Crippen molar-refractivity contribution in [3.05, 3.63) is 0 Å². The van der Waals surface area contributed by atoms with Gasteiger partial charge in [0.1, 0.15) is 0 Å². The minimum atomic E-state index is -0.502. The molecule has 0 aliphatic heterocycles. The Bertz CT molecular complexity index is 162. The zero-order chi connectivity index (χ0) is 10.2. The van der Waals surface area contributed by atoms with E-state index in [0.717, 1.165) is 6.42 Å². The van der Waals surface area contributed by atoms with Gasteiger partial charge in [0.2, 0.25) is 0 Å². The van der Waals surface area contributed by atoms with Crippen LogP contribution < -0.4 is 0 Å². The van der Waals surface area contributed by atoms with Crippen molar-refractivity contribution >= 4 is 6.16 Å². The van der Waals surface area contributed by atoms with Crippen LogP contribution in [-0.2, 0) is 9.47 Å². The maximum absolute atomic E-state index is 11.0. The summed E-state index contributed by atoms with van der Waals surface area (Å²) in [5.74, 6) is 0.568. The van der Waals surface area contributed by atoms with Crippen LogP contribution in [0.3, 0.4) is 0 Å². The van der Waals surface area contributed by atoms with Crippen LogP contribution in [0.4, 0.5) is 4.79 Å². The number of ether oxygens (including phenoxy) is 2. The van der Waals surface area contributed by atoms with Gasteiger partial charge in [-0.05, 0) is 25.2 Å². The molecule has 0 aromatic rings. The normalized spacial score (nSPS) is 17.8. The van der Waals surface area contributed by atoms with Crippen LogP contribution >= 0.6 is 0 Å². The van der Waals surface area contributed by atoms with E-state index in [1.54, 1.807) is 0 Å². The van der Waals surface area contributed by atoms with E-state index in [1.165, 1.54) is 32.1 Å². The Balaban J connectivity index is 2.03. The Morgan fingerprint density at radius 2 is 1.93 bits per heavy atom. The lowest BCUT2D eigenvalue weighted by molar-refractivity contribution is 0.0399. The van der Waals surface area contributed by atoms with Gasteiger partial charge in [0.05, 0.1) is 13.2 Å². The third-order valence-electron chi connectivity index (χ3n) is 2.59. The summed E-state index contributed by atoms with van der Waals surface area (Å²) in [6.07, 6.45) is 6.62. The Labute approximate surface area is 85.8 Å². The summed E-state index contributed by atoms with van der Waals surface area (Å²) in [7, 11) is 0. The molecule has 0 bridgehead atoms. The van der Waals surface area contributed by atoms with Gasteiger partial charge in [-0.15, -0.1) is 0 Å². The van der Waals surface area contributed by atoms with Gasteiger partial charge in [-0.1, -0.05) is 26.2 Å². The molecule has 3 nitrogen and oxygen atoms in total. The summed E-state index contributed by atoms with van der Waals surface area (Å²) in [6, 6.07) is 0. The van der Waals surface area contributed by atoms with Crippen LogP contribution in [0.25, 0.3) is 0 Å². The van der Waals surface area contributed by atoms with E-state index < -0.39 is 6.16 Å². The highest BCUT2D eigenvalue weighted by Crippen LogP contribution is 2.23. The number of hydrogen-bond donors (Lipinski definition) is 0. The predicted molar refractivity (Wildman–Crippen MR) is 54.2 cm³/mol. The number of carbonyl (C=O) groups is 1. The highest BCUT2D eigenvalue weighted by Gasteiger charge is 2.15. The van der Waals surface area contributed by atoms with Gasteiger partial charge in [-0.3, -0.25) is 0 Å². The molecule has 0 spiro atoms. The molecule has 0 aromatic heterocycles. The largest absolute Gasteiger partial charge is 0.508 e. The molecular weight excluding hydrogens is 180 g/mol. The monoisotopic (exact) mass is 200 g/mol. The van der Waals surface area contributed by atoms with Crippen LogP contribution in [0, 0.1) is 5.92 Å². The number of hydrogen-bond acceptors (Lipinski definition) is 3. The molecule has 0 saturated heterocycles. The SMILES string of the molecule is CCCOC(=O)OCC1CCCCC1. The van der Waals surface area contributed by atoms with E-state index in [2.05, 4.69) is 0 Å². The van der Waals surface area contributed by atoms with Crippen LogP contribution in [0.2, 0.25) is 0 Å². The van der Waals surface area contributed by atoms with E-state index in [-0.39, 0.29) is 0 Å². The van der Waals surface area contributed by atoms with Gasteiger partial charge in [0, 0.05) is 0 Å². The molecule has 3 heteroatoms. The predicted octanol–water partition coefficient (Wildman–Crippen LogP) is 3.13. The standard InChI is InChI=1S/C11H20O3/c1-2-8-13-11(12)14-9-10-6-4-3-5-7-10/h10H,2-9H2,1H3. The number of rotatable bonds is 4. The van der Waals surface area contributed by atoms with Gasteiger partial charge < -0.3 is 9.47 Å². The lowest BCUT2D eigenvalue weighted by atomic mass is 9.90. The Morgan fingerprint density at radius 1 is 1.21 bits per heavy atom. The Kier molecular flexibility index (Phi) is 5.42. The fourth-order valence-corrected chi connectivity index (χ4v) is 1.77. The zero-order valence-electron chi connectivity index (χ0n) is 8.96. The van der Waals surface area contributed by atoms with Crippen molar-refractivity contribution in [3.63, 3.8) is 0 Å². The quantitative estimate of drug-likeness (QED) is 0.654. The van der Waals surface area contributed by atoms with Gasteiger partial charge in [0.25, 0.3) is 0 Å². The van der Waals surface area contributed by atoms with Crippen molar-refractivity contribution in [1.29, 1.82) is 0 Å². The molecule has 1 saturated carbocycles. The average molecular weight is 200 g/mol. The van der Waals surface area contributed by atoms with E-state index in [4.69, 9.17) is 9.47 Å². The number of carbonyl (C=O) groups excluding carboxylic acids is 1. The molecule has 1 rings (SSSR count). The molecule has 0 N–H and O–H groups in total. The second-order valence-electron chi connectivity index (χ2n) is 3.91. The van der Waals surface area contributed by atoms with Crippen molar-refractivity contribution in [2.45, 2.75) is 45.4 Å². The highest BCUT2D eigenvalue weighted by molar-refractivity contribution is 5.59. The second-order valence-corrected chi connectivity index (χ2v) is 3.91.